The van der Waals surface area contributed by atoms with Gasteiger partial charge in [-0.3, -0.25) is 4.79 Å². The van der Waals surface area contributed by atoms with Crippen molar-refractivity contribution in [3.8, 4) is 22.7 Å². The Morgan fingerprint density at radius 2 is 1.90 bits per heavy atom. The minimum absolute atomic E-state index is 0.0437. The molecule has 42 heavy (non-hydrogen) atoms. The van der Waals surface area contributed by atoms with E-state index in [9.17, 15) is 27.5 Å². The molecule has 0 atom stereocenters. The molecule has 1 aromatic carbocycles. The Kier molecular flexibility index (Phi) is 7.40. The second-order valence-electron chi connectivity index (χ2n) is 9.78. The highest BCUT2D eigenvalue weighted by Crippen LogP contribution is 2.36. The van der Waals surface area contributed by atoms with Crippen LogP contribution in [0.1, 0.15) is 5.56 Å². The predicted octanol–water partition coefficient (Wildman–Crippen LogP) is 2.53. The second-order valence-corrected chi connectivity index (χ2v) is 14.0. The number of aromatic nitrogens is 4. The molecule has 4 aromatic rings. The number of fused-ring (bicyclic) bond motifs is 1. The third-order valence-electron chi connectivity index (χ3n) is 6.91. The first-order chi connectivity index (χ1) is 19.8. The Hall–Kier alpha value is -4.50. The fraction of sp³-hybridized carbons (Fsp3) is 0.222. The third-order valence-corrected chi connectivity index (χ3v) is 10.1. The molecule has 15 heteroatoms. The van der Waals surface area contributed by atoms with Gasteiger partial charge in [0.2, 0.25) is 5.91 Å². The summed E-state index contributed by atoms with van der Waals surface area (Å²) in [5, 5.41) is 10.0. The molecule has 0 spiro atoms. The Balaban J connectivity index is 1.86. The first-order valence-corrected chi connectivity index (χ1v) is 16.7. The SMILES string of the molecule is C=CC(=O)N1CCN(c2nc(=O)n(-c3c(C)ccnc3S(C)(=O)=O)c3nc(-c4c(O)cccc4F)c(F)cc23)[Si](C)C1. The molecular weight excluding hydrogens is 586 g/mol. The van der Waals surface area contributed by atoms with Crippen LogP contribution >= 0.6 is 0 Å². The van der Waals surface area contributed by atoms with Gasteiger partial charge in [-0.2, -0.15) is 4.98 Å². The summed E-state index contributed by atoms with van der Waals surface area (Å²) < 4.78 is 58.8. The molecule has 5 rings (SSSR count). The lowest BCUT2D eigenvalue weighted by molar-refractivity contribution is -0.125. The van der Waals surface area contributed by atoms with E-state index >= 15 is 4.39 Å². The van der Waals surface area contributed by atoms with Crippen molar-refractivity contribution in [3.05, 3.63) is 76.9 Å². The largest absolute Gasteiger partial charge is 0.507 e. The number of phenols is 1. The molecule has 1 N–H and O–H groups in total. The highest BCUT2D eigenvalue weighted by molar-refractivity contribution is 7.90. The van der Waals surface area contributed by atoms with Gasteiger partial charge in [0.1, 0.15) is 23.1 Å². The maximum atomic E-state index is 15.8. The van der Waals surface area contributed by atoms with Crippen LogP contribution in [0.5, 0.6) is 5.75 Å². The average molecular weight is 612 g/mol. The van der Waals surface area contributed by atoms with E-state index in [4.69, 9.17) is 0 Å². The van der Waals surface area contributed by atoms with Gasteiger partial charge >= 0.3 is 5.69 Å². The standard InChI is InChI=1S/C27H25F2N6O5SSi/c1-5-20(37)33-11-12-34(42(4)14-33)24-16-13-18(29)22(21-17(28)7-6-8-19(21)36)31-25(16)35(27(38)32-24)23-15(2)9-10-30-26(23)41(3,39)40/h5-10,13,36H,1,11-12,14H2,2-4H3. The van der Waals surface area contributed by atoms with Gasteiger partial charge in [-0.25, -0.2) is 36.5 Å². The number of sulfone groups is 1. The number of rotatable bonds is 5. The van der Waals surface area contributed by atoms with Crippen LogP contribution in [-0.4, -0.2) is 78.3 Å². The summed E-state index contributed by atoms with van der Waals surface area (Å²) in [6.45, 7) is 7.54. The highest BCUT2D eigenvalue weighted by atomic mass is 32.2. The normalized spacial score (nSPS) is 14.4. The molecule has 3 aromatic heterocycles. The van der Waals surface area contributed by atoms with Crippen molar-refractivity contribution < 1.29 is 27.1 Å². The number of aryl methyl sites for hydroxylation is 1. The predicted molar refractivity (Wildman–Crippen MR) is 154 cm³/mol. The average Bonchev–Trinajstić information content (AvgIpc) is 2.92. The summed E-state index contributed by atoms with van der Waals surface area (Å²) in [7, 11) is -5.56. The fourth-order valence-corrected chi connectivity index (χ4v) is 7.87. The lowest BCUT2D eigenvalue weighted by atomic mass is 10.1. The number of phenolic OH excluding ortho intramolecular Hbond substituents is 1. The molecule has 0 aliphatic carbocycles. The quantitative estimate of drug-likeness (QED) is 0.267. The van der Waals surface area contributed by atoms with E-state index in [0.717, 1.165) is 29.0 Å². The molecule has 0 bridgehead atoms. The van der Waals surface area contributed by atoms with Crippen LogP contribution < -0.4 is 10.3 Å². The molecule has 1 amide bonds. The maximum Gasteiger partial charge on any atom is 0.355 e. The van der Waals surface area contributed by atoms with E-state index in [1.807, 2.05) is 11.1 Å². The number of benzene rings is 1. The molecular formula is C27H25F2N6O5SSi. The molecule has 1 aliphatic heterocycles. The number of nitrogens with zero attached hydrogens (tertiary/aromatic N) is 6. The van der Waals surface area contributed by atoms with E-state index in [-0.39, 0.29) is 41.5 Å². The third kappa shape index (κ3) is 4.94. The van der Waals surface area contributed by atoms with Crippen molar-refractivity contribution in [2.45, 2.75) is 18.5 Å². The van der Waals surface area contributed by atoms with Crippen molar-refractivity contribution in [1.82, 2.24) is 24.4 Å². The monoisotopic (exact) mass is 611 g/mol. The number of hydrogen-bond donors (Lipinski definition) is 1. The molecule has 1 radical (unpaired) electrons. The molecule has 11 nitrogen and oxygen atoms in total. The Morgan fingerprint density at radius 1 is 1.17 bits per heavy atom. The summed E-state index contributed by atoms with van der Waals surface area (Å²) in [5.74, 6) is -2.70. The summed E-state index contributed by atoms with van der Waals surface area (Å²) in [5.41, 5.74) is -2.07. The van der Waals surface area contributed by atoms with E-state index in [1.165, 1.54) is 24.4 Å². The summed E-state index contributed by atoms with van der Waals surface area (Å²) in [6, 6.07) is 5.95. The van der Waals surface area contributed by atoms with Crippen LogP contribution in [0.2, 0.25) is 6.55 Å². The van der Waals surface area contributed by atoms with Crippen LogP contribution in [0.25, 0.3) is 28.0 Å². The topological polar surface area (TPSA) is 139 Å². The van der Waals surface area contributed by atoms with Gasteiger partial charge < -0.3 is 14.6 Å². The lowest BCUT2D eigenvalue weighted by Gasteiger charge is -2.39. The first-order valence-electron chi connectivity index (χ1n) is 12.6. The molecule has 1 aliphatic rings. The van der Waals surface area contributed by atoms with Gasteiger partial charge in [-0.1, -0.05) is 19.2 Å². The van der Waals surface area contributed by atoms with Gasteiger partial charge in [-0.05, 0) is 42.8 Å². The van der Waals surface area contributed by atoms with Crippen molar-refractivity contribution >= 4 is 41.6 Å². The number of amides is 1. The van der Waals surface area contributed by atoms with Crippen LogP contribution in [-0.2, 0) is 14.6 Å². The van der Waals surface area contributed by atoms with Crippen molar-refractivity contribution in [2.75, 3.05) is 30.1 Å². The van der Waals surface area contributed by atoms with Gasteiger partial charge in [0.05, 0.1) is 16.6 Å². The summed E-state index contributed by atoms with van der Waals surface area (Å²) in [4.78, 5) is 40.2. The Labute approximate surface area is 241 Å². The molecule has 1 saturated heterocycles. The number of carbonyl (C=O) groups excluding carboxylic acids is 1. The zero-order valence-electron chi connectivity index (χ0n) is 22.8. The smallest absolute Gasteiger partial charge is 0.355 e. The molecule has 0 unspecified atom stereocenters. The van der Waals surface area contributed by atoms with Gasteiger partial charge in [-0.15, -0.1) is 0 Å². The Bertz CT molecular complexity index is 1930. The van der Waals surface area contributed by atoms with E-state index in [0.29, 0.717) is 11.7 Å². The zero-order valence-corrected chi connectivity index (χ0v) is 24.6. The van der Waals surface area contributed by atoms with Crippen molar-refractivity contribution in [1.29, 1.82) is 0 Å². The number of halogens is 2. The van der Waals surface area contributed by atoms with Crippen LogP contribution in [0.15, 0.2) is 59.0 Å². The molecule has 0 saturated carbocycles. The number of carbonyl (C=O) groups is 1. The maximum absolute atomic E-state index is 15.8. The molecule has 1 fully saturated rings. The van der Waals surface area contributed by atoms with E-state index in [1.54, 1.807) is 11.8 Å². The van der Waals surface area contributed by atoms with Gasteiger partial charge in [0, 0.05) is 31.7 Å². The minimum atomic E-state index is -3.98. The van der Waals surface area contributed by atoms with Gasteiger partial charge in [0.25, 0.3) is 0 Å². The first kappa shape index (κ1) is 29.0. The van der Waals surface area contributed by atoms with Crippen molar-refractivity contribution in [2.24, 2.45) is 0 Å². The minimum Gasteiger partial charge on any atom is -0.507 e. The highest BCUT2D eigenvalue weighted by Gasteiger charge is 2.32. The van der Waals surface area contributed by atoms with Crippen LogP contribution in [0.4, 0.5) is 14.6 Å². The number of anilines is 1. The number of pyridine rings is 2. The number of hydrogen-bond acceptors (Lipinski definition) is 9. The van der Waals surface area contributed by atoms with Crippen LogP contribution in [0.3, 0.4) is 0 Å². The van der Waals surface area contributed by atoms with Crippen molar-refractivity contribution in [3.63, 3.8) is 0 Å². The summed E-state index contributed by atoms with van der Waals surface area (Å²) >= 11 is 0. The molecule has 4 heterocycles. The zero-order chi connectivity index (χ0) is 30.5. The Morgan fingerprint density at radius 3 is 2.55 bits per heavy atom. The summed E-state index contributed by atoms with van der Waals surface area (Å²) in [6.07, 6.45) is 3.78. The van der Waals surface area contributed by atoms with E-state index in [2.05, 4.69) is 21.5 Å². The molecule has 217 valence electrons. The lowest BCUT2D eigenvalue weighted by Crippen LogP contribution is -2.57. The second kappa shape index (κ2) is 10.7. The fourth-order valence-electron chi connectivity index (χ4n) is 4.96. The van der Waals surface area contributed by atoms with Gasteiger partial charge in [0.15, 0.2) is 35.3 Å². The van der Waals surface area contributed by atoms with E-state index < -0.39 is 58.2 Å². The number of aromatic hydroxyl groups is 1. The van der Waals surface area contributed by atoms with Crippen LogP contribution in [0, 0.1) is 18.6 Å².